The number of carbonyl (C=O) groups excluding carboxylic acids is 1. The van der Waals surface area contributed by atoms with Crippen LogP contribution in [0.3, 0.4) is 0 Å². The molecule has 1 saturated heterocycles. The van der Waals surface area contributed by atoms with Crippen LogP contribution in [-0.4, -0.2) is 31.6 Å². The van der Waals surface area contributed by atoms with Gasteiger partial charge in [0.2, 0.25) is 10.0 Å². The number of sulfonamides is 1. The third-order valence-electron chi connectivity index (χ3n) is 4.32. The molecule has 0 aliphatic carbocycles. The average Bonchev–Trinajstić information content (AvgIpc) is 2.62. The van der Waals surface area contributed by atoms with Crippen molar-refractivity contribution in [3.63, 3.8) is 0 Å². The maximum atomic E-state index is 12.7. The van der Waals surface area contributed by atoms with Crippen LogP contribution in [0.1, 0.15) is 23.2 Å². The Labute approximate surface area is 147 Å². The van der Waals surface area contributed by atoms with Crippen LogP contribution in [0.15, 0.2) is 59.5 Å². The quantitative estimate of drug-likeness (QED) is 0.779. The SMILES string of the molecule is O=C(c1ccccc1)C1CCN(S(=O)(=O)c2cccc(Cl)c2)CC1. The van der Waals surface area contributed by atoms with Crippen LogP contribution >= 0.6 is 11.6 Å². The van der Waals surface area contributed by atoms with Crippen LogP contribution in [0.25, 0.3) is 0 Å². The minimum absolute atomic E-state index is 0.0930. The van der Waals surface area contributed by atoms with Crippen molar-refractivity contribution in [3.05, 3.63) is 65.2 Å². The van der Waals surface area contributed by atoms with Gasteiger partial charge in [-0.1, -0.05) is 48.0 Å². The fourth-order valence-electron chi connectivity index (χ4n) is 2.97. The lowest BCUT2D eigenvalue weighted by Gasteiger charge is -2.30. The molecule has 2 aromatic carbocycles. The van der Waals surface area contributed by atoms with E-state index in [1.807, 2.05) is 18.2 Å². The summed E-state index contributed by atoms with van der Waals surface area (Å²) in [6, 6.07) is 15.4. The van der Waals surface area contributed by atoms with Crippen molar-refractivity contribution in [2.45, 2.75) is 17.7 Å². The average molecular weight is 364 g/mol. The third-order valence-corrected chi connectivity index (χ3v) is 6.45. The number of halogens is 1. The lowest BCUT2D eigenvalue weighted by Crippen LogP contribution is -2.40. The fraction of sp³-hybridized carbons (Fsp3) is 0.278. The number of benzene rings is 2. The van der Waals surface area contributed by atoms with Gasteiger partial charge in [0.15, 0.2) is 5.78 Å². The van der Waals surface area contributed by atoms with Crippen LogP contribution in [-0.2, 0) is 10.0 Å². The predicted octanol–water partition coefficient (Wildman–Crippen LogP) is 3.62. The summed E-state index contributed by atoms with van der Waals surface area (Å²) in [5.41, 5.74) is 0.689. The van der Waals surface area contributed by atoms with Crippen molar-refractivity contribution in [1.82, 2.24) is 4.31 Å². The maximum absolute atomic E-state index is 12.7. The van der Waals surface area contributed by atoms with Crippen molar-refractivity contribution in [2.24, 2.45) is 5.92 Å². The Balaban J connectivity index is 1.70. The van der Waals surface area contributed by atoms with Gasteiger partial charge < -0.3 is 0 Å². The first-order valence-electron chi connectivity index (χ1n) is 7.83. The molecule has 1 fully saturated rings. The summed E-state index contributed by atoms with van der Waals surface area (Å²) >= 11 is 5.89. The normalized spacial score (nSPS) is 16.9. The van der Waals surface area contributed by atoms with Crippen LogP contribution in [0, 0.1) is 5.92 Å². The molecule has 0 N–H and O–H groups in total. The minimum Gasteiger partial charge on any atom is -0.294 e. The van der Waals surface area contributed by atoms with Gasteiger partial charge in [-0.05, 0) is 31.0 Å². The van der Waals surface area contributed by atoms with Crippen LogP contribution in [0.5, 0.6) is 0 Å². The minimum atomic E-state index is -3.56. The second kappa shape index (κ2) is 7.05. The number of piperidine rings is 1. The topological polar surface area (TPSA) is 54.5 Å². The number of ketones is 1. The first-order chi connectivity index (χ1) is 11.5. The molecule has 1 heterocycles. The van der Waals surface area contributed by atoms with Gasteiger partial charge in [-0.15, -0.1) is 0 Å². The number of Topliss-reactive ketones (excluding diaryl/α,β-unsaturated/α-hetero) is 1. The molecule has 126 valence electrons. The standard InChI is InChI=1S/C18H18ClNO3S/c19-16-7-4-8-17(13-16)24(22,23)20-11-9-15(10-12-20)18(21)14-5-2-1-3-6-14/h1-8,13,15H,9-12H2. The van der Waals surface area contributed by atoms with Gasteiger partial charge in [0.1, 0.15) is 0 Å². The molecule has 0 bridgehead atoms. The highest BCUT2D eigenvalue weighted by Crippen LogP contribution is 2.27. The van der Waals surface area contributed by atoms with E-state index in [-0.39, 0.29) is 16.6 Å². The van der Waals surface area contributed by atoms with Crippen molar-refractivity contribution in [2.75, 3.05) is 13.1 Å². The molecule has 6 heteroatoms. The summed E-state index contributed by atoms with van der Waals surface area (Å²) in [6.07, 6.45) is 1.07. The fourth-order valence-corrected chi connectivity index (χ4v) is 4.74. The number of hydrogen-bond donors (Lipinski definition) is 0. The Morgan fingerprint density at radius 3 is 2.29 bits per heavy atom. The third kappa shape index (κ3) is 3.53. The van der Waals surface area contributed by atoms with E-state index >= 15 is 0 Å². The van der Waals surface area contributed by atoms with E-state index in [0.29, 0.717) is 36.5 Å². The Morgan fingerprint density at radius 1 is 1.00 bits per heavy atom. The Hall–Kier alpha value is -1.69. The molecular formula is C18H18ClNO3S. The summed E-state index contributed by atoms with van der Waals surface area (Å²) in [5, 5.41) is 0.394. The highest BCUT2D eigenvalue weighted by molar-refractivity contribution is 7.89. The monoisotopic (exact) mass is 363 g/mol. The molecule has 0 radical (unpaired) electrons. The summed E-state index contributed by atoms with van der Waals surface area (Å²) in [7, 11) is -3.56. The van der Waals surface area contributed by atoms with Gasteiger partial charge in [-0.2, -0.15) is 4.31 Å². The smallest absolute Gasteiger partial charge is 0.243 e. The van der Waals surface area contributed by atoms with E-state index in [1.165, 1.54) is 10.4 Å². The predicted molar refractivity (Wildman–Crippen MR) is 93.7 cm³/mol. The summed E-state index contributed by atoms with van der Waals surface area (Å²) in [6.45, 7) is 0.691. The molecule has 1 aliphatic rings. The van der Waals surface area contributed by atoms with E-state index in [0.717, 1.165) is 0 Å². The zero-order valence-electron chi connectivity index (χ0n) is 13.1. The van der Waals surface area contributed by atoms with E-state index in [4.69, 9.17) is 11.6 Å². The van der Waals surface area contributed by atoms with Gasteiger partial charge in [-0.3, -0.25) is 4.79 Å². The van der Waals surface area contributed by atoms with E-state index in [9.17, 15) is 13.2 Å². The molecule has 0 saturated carbocycles. The Bertz CT molecular complexity index is 828. The molecule has 0 spiro atoms. The molecule has 0 aromatic heterocycles. The Morgan fingerprint density at radius 2 is 1.67 bits per heavy atom. The lowest BCUT2D eigenvalue weighted by atomic mass is 9.90. The molecule has 0 unspecified atom stereocenters. The first kappa shape index (κ1) is 17.1. The number of nitrogens with zero attached hydrogens (tertiary/aromatic N) is 1. The Kier molecular flexibility index (Phi) is 5.04. The molecule has 4 nitrogen and oxygen atoms in total. The van der Waals surface area contributed by atoms with E-state index in [2.05, 4.69) is 0 Å². The second-order valence-corrected chi connectivity index (χ2v) is 8.24. The van der Waals surface area contributed by atoms with Crippen molar-refractivity contribution in [1.29, 1.82) is 0 Å². The molecule has 0 atom stereocenters. The number of rotatable bonds is 4. The van der Waals surface area contributed by atoms with Gasteiger partial charge in [0.05, 0.1) is 4.90 Å². The van der Waals surface area contributed by atoms with Crippen LogP contribution in [0.2, 0.25) is 5.02 Å². The highest BCUT2D eigenvalue weighted by Gasteiger charge is 2.32. The molecule has 2 aromatic rings. The summed E-state index contributed by atoms with van der Waals surface area (Å²) in [4.78, 5) is 12.7. The number of hydrogen-bond acceptors (Lipinski definition) is 3. The van der Waals surface area contributed by atoms with Gasteiger partial charge in [0, 0.05) is 29.6 Å². The molecule has 1 aliphatic heterocycles. The zero-order chi connectivity index (χ0) is 17.2. The second-order valence-electron chi connectivity index (χ2n) is 5.87. The summed E-state index contributed by atoms with van der Waals surface area (Å²) in [5.74, 6) is -0.0337. The molecular weight excluding hydrogens is 346 g/mol. The van der Waals surface area contributed by atoms with Crippen molar-refractivity contribution >= 4 is 27.4 Å². The molecule has 24 heavy (non-hydrogen) atoms. The van der Waals surface area contributed by atoms with Gasteiger partial charge in [0.25, 0.3) is 0 Å². The molecule has 3 rings (SSSR count). The first-order valence-corrected chi connectivity index (χ1v) is 9.65. The zero-order valence-corrected chi connectivity index (χ0v) is 14.6. The van der Waals surface area contributed by atoms with Crippen LogP contribution in [0.4, 0.5) is 0 Å². The highest BCUT2D eigenvalue weighted by atomic mass is 35.5. The number of carbonyl (C=O) groups is 1. The largest absolute Gasteiger partial charge is 0.294 e. The van der Waals surface area contributed by atoms with Crippen molar-refractivity contribution < 1.29 is 13.2 Å². The van der Waals surface area contributed by atoms with E-state index in [1.54, 1.807) is 30.3 Å². The molecule has 0 amide bonds. The van der Waals surface area contributed by atoms with Gasteiger partial charge in [-0.25, -0.2) is 8.42 Å². The lowest BCUT2D eigenvalue weighted by molar-refractivity contribution is 0.0875. The van der Waals surface area contributed by atoms with Crippen molar-refractivity contribution in [3.8, 4) is 0 Å². The van der Waals surface area contributed by atoms with Crippen LogP contribution < -0.4 is 0 Å². The van der Waals surface area contributed by atoms with Gasteiger partial charge >= 0.3 is 0 Å². The van der Waals surface area contributed by atoms with E-state index < -0.39 is 10.0 Å². The maximum Gasteiger partial charge on any atom is 0.243 e. The summed E-state index contributed by atoms with van der Waals surface area (Å²) < 4.78 is 26.8.